The Bertz CT molecular complexity index is 601. The van der Waals surface area contributed by atoms with Gasteiger partial charge in [0.1, 0.15) is 4.88 Å². The minimum atomic E-state index is -0.200. The quantitative estimate of drug-likeness (QED) is 0.892. The number of thiophene rings is 1. The Morgan fingerprint density at radius 2 is 2.05 bits per heavy atom. The average molecular weight is 276 g/mol. The smallest absolute Gasteiger partial charge is 0.263 e. The predicted octanol–water partition coefficient (Wildman–Crippen LogP) is 3.79. The zero-order valence-corrected chi connectivity index (χ0v) is 12.4. The highest BCUT2D eigenvalue weighted by Crippen LogP contribution is 2.33. The number of anilines is 1. The summed E-state index contributed by atoms with van der Waals surface area (Å²) >= 11 is 1.45. The van der Waals surface area contributed by atoms with E-state index in [1.54, 1.807) is 0 Å². The Labute approximate surface area is 117 Å². The molecule has 0 atom stereocenters. The van der Waals surface area contributed by atoms with Gasteiger partial charge in [-0.05, 0) is 26.3 Å². The molecule has 1 heterocycles. The van der Waals surface area contributed by atoms with Crippen molar-refractivity contribution in [1.82, 2.24) is 5.32 Å². The van der Waals surface area contributed by atoms with Crippen molar-refractivity contribution in [3.63, 3.8) is 0 Å². The van der Waals surface area contributed by atoms with Gasteiger partial charge < -0.3 is 11.1 Å². The molecule has 1 aromatic heterocycles. The second-order valence-electron chi connectivity index (χ2n) is 5.43. The first-order valence-electron chi connectivity index (χ1n) is 6.54. The fourth-order valence-electron chi connectivity index (χ4n) is 2.29. The molecule has 2 aromatic rings. The number of carbonyl (C=O) groups excluding carboxylic acids is 1. The summed E-state index contributed by atoms with van der Waals surface area (Å²) in [5.41, 5.74) is 6.47. The molecule has 0 unspecified atom stereocenters. The second-order valence-corrected chi connectivity index (χ2v) is 6.48. The number of hydrogen-bond donors (Lipinski definition) is 2. The largest absolute Gasteiger partial charge is 0.397 e. The SMILES string of the molecule is CCCC(C)(C)NC(=O)c1sc2ccccc2c1N. The maximum atomic E-state index is 12.3. The van der Waals surface area contributed by atoms with Crippen molar-refractivity contribution in [3.8, 4) is 0 Å². The van der Waals surface area contributed by atoms with Crippen LogP contribution in [0.3, 0.4) is 0 Å². The number of fused-ring (bicyclic) bond motifs is 1. The summed E-state index contributed by atoms with van der Waals surface area (Å²) in [5, 5.41) is 4.03. The molecule has 0 aliphatic rings. The van der Waals surface area contributed by atoms with E-state index in [1.165, 1.54) is 11.3 Å². The number of amides is 1. The summed E-state index contributed by atoms with van der Waals surface area (Å²) in [7, 11) is 0. The van der Waals surface area contributed by atoms with Gasteiger partial charge in [-0.1, -0.05) is 31.5 Å². The van der Waals surface area contributed by atoms with E-state index in [9.17, 15) is 4.79 Å². The number of hydrogen-bond acceptors (Lipinski definition) is 3. The lowest BCUT2D eigenvalue weighted by Gasteiger charge is -2.25. The van der Waals surface area contributed by atoms with Gasteiger partial charge in [-0.2, -0.15) is 0 Å². The van der Waals surface area contributed by atoms with Gasteiger partial charge in [0.05, 0.1) is 5.69 Å². The second kappa shape index (κ2) is 5.21. The van der Waals surface area contributed by atoms with E-state index in [1.807, 2.05) is 38.1 Å². The van der Waals surface area contributed by atoms with Crippen molar-refractivity contribution >= 4 is 33.0 Å². The summed E-state index contributed by atoms with van der Waals surface area (Å²) in [4.78, 5) is 13.0. The lowest BCUT2D eigenvalue weighted by atomic mass is 9.99. The van der Waals surface area contributed by atoms with E-state index in [0.29, 0.717) is 10.6 Å². The lowest BCUT2D eigenvalue weighted by molar-refractivity contribution is 0.0914. The van der Waals surface area contributed by atoms with Crippen LogP contribution in [0.2, 0.25) is 0 Å². The Morgan fingerprint density at radius 1 is 1.37 bits per heavy atom. The van der Waals surface area contributed by atoms with E-state index in [2.05, 4.69) is 12.2 Å². The van der Waals surface area contributed by atoms with E-state index in [4.69, 9.17) is 5.73 Å². The van der Waals surface area contributed by atoms with E-state index >= 15 is 0 Å². The third-order valence-corrected chi connectivity index (χ3v) is 4.35. The monoisotopic (exact) mass is 276 g/mol. The molecule has 0 bridgehead atoms. The van der Waals surface area contributed by atoms with Crippen LogP contribution in [-0.2, 0) is 0 Å². The van der Waals surface area contributed by atoms with Gasteiger partial charge in [-0.3, -0.25) is 4.79 Å². The van der Waals surface area contributed by atoms with Crippen LogP contribution in [0.5, 0.6) is 0 Å². The van der Waals surface area contributed by atoms with Gasteiger partial charge >= 0.3 is 0 Å². The molecule has 2 rings (SSSR count). The Morgan fingerprint density at radius 3 is 2.68 bits per heavy atom. The summed E-state index contributed by atoms with van der Waals surface area (Å²) in [6, 6.07) is 7.84. The molecule has 0 fully saturated rings. The fourth-order valence-corrected chi connectivity index (χ4v) is 3.30. The summed E-state index contributed by atoms with van der Waals surface area (Å²) < 4.78 is 1.05. The zero-order chi connectivity index (χ0) is 14.0. The van der Waals surface area contributed by atoms with Crippen LogP contribution in [0.15, 0.2) is 24.3 Å². The topological polar surface area (TPSA) is 55.1 Å². The minimum Gasteiger partial charge on any atom is -0.397 e. The van der Waals surface area contributed by atoms with Crippen molar-refractivity contribution in [2.24, 2.45) is 0 Å². The van der Waals surface area contributed by atoms with Crippen molar-refractivity contribution in [3.05, 3.63) is 29.1 Å². The molecule has 0 saturated heterocycles. The van der Waals surface area contributed by atoms with Crippen LogP contribution in [0.1, 0.15) is 43.3 Å². The summed E-state index contributed by atoms with van der Waals surface area (Å²) in [5.74, 6) is -0.0721. The van der Waals surface area contributed by atoms with Crippen LogP contribution in [0, 0.1) is 0 Å². The highest BCUT2D eigenvalue weighted by molar-refractivity contribution is 7.21. The first kappa shape index (κ1) is 13.9. The maximum Gasteiger partial charge on any atom is 0.263 e. The summed E-state index contributed by atoms with van der Waals surface area (Å²) in [6.45, 7) is 6.19. The molecule has 3 N–H and O–H groups in total. The van der Waals surface area contributed by atoms with Crippen molar-refractivity contribution in [1.29, 1.82) is 0 Å². The molecule has 0 aliphatic heterocycles. The van der Waals surface area contributed by atoms with E-state index in [-0.39, 0.29) is 11.4 Å². The molecule has 0 aliphatic carbocycles. The van der Waals surface area contributed by atoms with Crippen molar-refractivity contribution in [2.75, 3.05) is 5.73 Å². The average Bonchev–Trinajstić information content (AvgIpc) is 2.67. The number of benzene rings is 1. The zero-order valence-electron chi connectivity index (χ0n) is 11.6. The molecule has 1 aromatic carbocycles. The first-order valence-corrected chi connectivity index (χ1v) is 7.36. The number of nitrogen functional groups attached to an aromatic ring is 1. The highest BCUT2D eigenvalue weighted by Gasteiger charge is 2.23. The molecular weight excluding hydrogens is 256 g/mol. The first-order chi connectivity index (χ1) is 8.94. The molecule has 0 spiro atoms. The minimum absolute atomic E-state index is 0.0721. The third kappa shape index (κ3) is 2.89. The van der Waals surface area contributed by atoms with Crippen LogP contribution in [-0.4, -0.2) is 11.4 Å². The third-order valence-electron chi connectivity index (χ3n) is 3.17. The van der Waals surface area contributed by atoms with Crippen LogP contribution in [0.4, 0.5) is 5.69 Å². The van der Waals surface area contributed by atoms with E-state index < -0.39 is 0 Å². The predicted molar refractivity (Wildman–Crippen MR) is 82.7 cm³/mol. The molecule has 1 amide bonds. The van der Waals surface area contributed by atoms with Gasteiger partial charge in [-0.25, -0.2) is 0 Å². The van der Waals surface area contributed by atoms with Gasteiger partial charge in [0, 0.05) is 15.6 Å². The Balaban J connectivity index is 2.29. The Hall–Kier alpha value is -1.55. The van der Waals surface area contributed by atoms with Crippen LogP contribution >= 0.6 is 11.3 Å². The molecule has 4 heteroatoms. The molecular formula is C15H20N2OS. The molecule has 0 radical (unpaired) electrons. The lowest BCUT2D eigenvalue weighted by Crippen LogP contribution is -2.43. The van der Waals surface area contributed by atoms with Crippen LogP contribution in [0.25, 0.3) is 10.1 Å². The van der Waals surface area contributed by atoms with Gasteiger partial charge in [0.2, 0.25) is 0 Å². The summed E-state index contributed by atoms with van der Waals surface area (Å²) in [6.07, 6.45) is 1.98. The fraction of sp³-hybridized carbons (Fsp3) is 0.400. The number of nitrogens with one attached hydrogen (secondary N) is 1. The number of nitrogens with two attached hydrogens (primary N) is 1. The van der Waals surface area contributed by atoms with Gasteiger partial charge in [0.25, 0.3) is 5.91 Å². The highest BCUT2D eigenvalue weighted by atomic mass is 32.1. The van der Waals surface area contributed by atoms with Crippen molar-refractivity contribution in [2.45, 2.75) is 39.2 Å². The standard InChI is InChI=1S/C15H20N2OS/c1-4-9-15(2,3)17-14(18)13-12(16)10-7-5-6-8-11(10)19-13/h5-8H,4,9,16H2,1-3H3,(H,17,18). The van der Waals surface area contributed by atoms with Gasteiger partial charge in [-0.15, -0.1) is 11.3 Å². The molecule has 102 valence electrons. The molecule has 0 saturated carbocycles. The Kier molecular flexibility index (Phi) is 3.80. The maximum absolute atomic E-state index is 12.3. The normalized spacial score (nSPS) is 11.7. The van der Waals surface area contributed by atoms with Crippen LogP contribution < -0.4 is 11.1 Å². The molecule has 19 heavy (non-hydrogen) atoms. The van der Waals surface area contributed by atoms with E-state index in [0.717, 1.165) is 22.9 Å². The molecule has 3 nitrogen and oxygen atoms in total. The van der Waals surface area contributed by atoms with Crippen molar-refractivity contribution < 1.29 is 4.79 Å². The van der Waals surface area contributed by atoms with Gasteiger partial charge in [0.15, 0.2) is 0 Å². The number of carbonyl (C=O) groups is 1. The number of rotatable bonds is 4.